The van der Waals surface area contributed by atoms with Crippen LogP contribution in [0.3, 0.4) is 0 Å². The Balaban J connectivity index is 1.53. The van der Waals surface area contributed by atoms with E-state index in [1.807, 2.05) is 0 Å². The van der Waals surface area contributed by atoms with E-state index in [-0.39, 0.29) is 34.2 Å². The summed E-state index contributed by atoms with van der Waals surface area (Å²) in [6.45, 7) is 1.19. The number of thioether (sulfide) groups is 1. The van der Waals surface area contributed by atoms with Gasteiger partial charge in [0.2, 0.25) is 5.91 Å². The Morgan fingerprint density at radius 3 is 2.00 bits per heavy atom. The first-order chi connectivity index (χ1) is 17.4. The second-order valence-electron chi connectivity index (χ2n) is 7.98. The molecule has 10 heteroatoms. The number of nitrogens with one attached hydrogen (secondary N) is 1. The molecule has 1 fully saturated rings. The number of amides is 3. The van der Waals surface area contributed by atoms with Gasteiger partial charge in [-0.2, -0.15) is 16.1 Å². The Kier molecular flexibility index (Phi) is 8.07. The molecule has 0 aliphatic carbocycles. The van der Waals surface area contributed by atoms with Gasteiger partial charge in [0.05, 0.1) is 17.1 Å². The van der Waals surface area contributed by atoms with Crippen LogP contribution in [0.2, 0.25) is 0 Å². The van der Waals surface area contributed by atoms with Gasteiger partial charge in [-0.15, -0.1) is 0 Å². The van der Waals surface area contributed by atoms with Crippen LogP contribution < -0.4 is 9.62 Å². The zero-order valence-electron chi connectivity index (χ0n) is 19.4. The summed E-state index contributed by atoms with van der Waals surface area (Å²) in [7, 11) is -4.29. The Morgan fingerprint density at radius 2 is 1.39 bits per heavy atom. The number of hydrogen-bond donors (Lipinski definition) is 1. The quantitative estimate of drug-likeness (QED) is 0.511. The van der Waals surface area contributed by atoms with Crippen molar-refractivity contribution in [1.82, 2.24) is 10.2 Å². The smallest absolute Gasteiger partial charge is 0.272 e. The molecular formula is C26H25N3O5S2. The Morgan fingerprint density at radius 1 is 0.806 bits per heavy atom. The van der Waals surface area contributed by atoms with Gasteiger partial charge in [-0.25, -0.2) is 8.42 Å². The lowest BCUT2D eigenvalue weighted by atomic mass is 10.2. The van der Waals surface area contributed by atoms with E-state index >= 15 is 0 Å². The predicted octanol–water partition coefficient (Wildman–Crippen LogP) is 3.03. The molecule has 1 aliphatic heterocycles. The second-order valence-corrected chi connectivity index (χ2v) is 11.0. The summed E-state index contributed by atoms with van der Waals surface area (Å²) in [5.41, 5.74) is 0.622. The maximum Gasteiger partial charge on any atom is 0.272 e. The van der Waals surface area contributed by atoms with Crippen LogP contribution in [0.4, 0.5) is 5.69 Å². The highest BCUT2D eigenvalue weighted by molar-refractivity contribution is 7.99. The molecule has 36 heavy (non-hydrogen) atoms. The fourth-order valence-electron chi connectivity index (χ4n) is 3.69. The van der Waals surface area contributed by atoms with Gasteiger partial charge < -0.3 is 10.2 Å². The summed E-state index contributed by atoms with van der Waals surface area (Å²) >= 11 is 1.79. The highest BCUT2D eigenvalue weighted by atomic mass is 32.2. The number of carbonyl (C=O) groups is 3. The van der Waals surface area contributed by atoms with E-state index in [2.05, 4.69) is 5.32 Å². The van der Waals surface area contributed by atoms with Gasteiger partial charge in [-0.1, -0.05) is 36.4 Å². The minimum Gasteiger partial charge on any atom is -0.343 e. The first kappa shape index (κ1) is 25.5. The van der Waals surface area contributed by atoms with Crippen molar-refractivity contribution >= 4 is 45.2 Å². The Bertz CT molecular complexity index is 1330. The van der Waals surface area contributed by atoms with Crippen LogP contribution in [0, 0.1) is 0 Å². The summed E-state index contributed by atoms with van der Waals surface area (Å²) in [6, 6.07) is 21.5. The predicted molar refractivity (Wildman–Crippen MR) is 140 cm³/mol. The van der Waals surface area contributed by atoms with Crippen LogP contribution in [0.5, 0.6) is 0 Å². The molecule has 0 spiro atoms. The third-order valence-electron chi connectivity index (χ3n) is 5.61. The SMILES string of the molecule is O=C(NCC(=O)N1CCSCC1)c1ccc(S(=O)(=O)N(C(=O)c2ccccc2)c2ccccc2)cc1. The van der Waals surface area contributed by atoms with Crippen molar-refractivity contribution in [2.24, 2.45) is 0 Å². The fourth-order valence-corrected chi connectivity index (χ4v) is 6.01. The largest absolute Gasteiger partial charge is 0.343 e. The monoisotopic (exact) mass is 523 g/mol. The number of carbonyl (C=O) groups excluding carboxylic acids is 3. The maximum atomic E-state index is 13.6. The molecule has 1 N–H and O–H groups in total. The number of para-hydroxylation sites is 1. The van der Waals surface area contributed by atoms with E-state index in [4.69, 9.17) is 0 Å². The lowest BCUT2D eigenvalue weighted by molar-refractivity contribution is -0.129. The standard InChI is InChI=1S/C26H25N3O5S2/c30-24(28-15-17-35-18-16-28)19-27-25(31)20-11-13-23(14-12-20)36(33,34)29(22-9-5-2-6-10-22)26(32)21-7-3-1-4-8-21/h1-14H,15-19H2,(H,27,31). The van der Waals surface area contributed by atoms with Gasteiger partial charge in [0.15, 0.2) is 0 Å². The lowest BCUT2D eigenvalue weighted by Crippen LogP contribution is -2.44. The minimum absolute atomic E-state index is 0.128. The molecule has 4 rings (SSSR count). The first-order valence-corrected chi connectivity index (χ1v) is 13.9. The summed E-state index contributed by atoms with van der Waals surface area (Å²) in [6.07, 6.45) is 0. The zero-order chi connectivity index (χ0) is 25.5. The minimum atomic E-state index is -4.29. The summed E-state index contributed by atoms with van der Waals surface area (Å²) in [5.74, 6) is 0.420. The molecule has 186 valence electrons. The number of anilines is 1. The van der Waals surface area contributed by atoms with Crippen molar-refractivity contribution in [1.29, 1.82) is 0 Å². The molecule has 0 saturated carbocycles. The number of benzene rings is 3. The van der Waals surface area contributed by atoms with E-state index in [1.54, 1.807) is 65.2 Å². The van der Waals surface area contributed by atoms with Gasteiger partial charge in [0, 0.05) is 35.7 Å². The van der Waals surface area contributed by atoms with E-state index < -0.39 is 21.8 Å². The summed E-state index contributed by atoms with van der Waals surface area (Å²) in [5, 5.41) is 2.59. The van der Waals surface area contributed by atoms with Crippen molar-refractivity contribution in [3.8, 4) is 0 Å². The van der Waals surface area contributed by atoms with Gasteiger partial charge in [0.25, 0.3) is 21.8 Å². The van der Waals surface area contributed by atoms with Crippen LogP contribution in [-0.4, -0.2) is 62.2 Å². The summed E-state index contributed by atoms with van der Waals surface area (Å²) < 4.78 is 27.9. The molecule has 0 bridgehead atoms. The van der Waals surface area contributed by atoms with Crippen molar-refractivity contribution < 1.29 is 22.8 Å². The Hall–Kier alpha value is -3.63. The average molecular weight is 524 g/mol. The lowest BCUT2D eigenvalue weighted by Gasteiger charge is -2.26. The Labute approximate surface area is 214 Å². The van der Waals surface area contributed by atoms with E-state index in [1.165, 1.54) is 36.4 Å². The van der Waals surface area contributed by atoms with Gasteiger partial charge in [-0.3, -0.25) is 14.4 Å². The fraction of sp³-hybridized carbons (Fsp3) is 0.192. The van der Waals surface area contributed by atoms with Gasteiger partial charge >= 0.3 is 0 Å². The molecule has 0 aromatic heterocycles. The molecule has 0 atom stereocenters. The molecule has 3 amide bonds. The molecule has 0 unspecified atom stereocenters. The molecular weight excluding hydrogens is 498 g/mol. The second kappa shape index (κ2) is 11.4. The molecule has 8 nitrogen and oxygen atoms in total. The highest BCUT2D eigenvalue weighted by Gasteiger charge is 2.32. The van der Waals surface area contributed by atoms with E-state index in [0.29, 0.717) is 13.1 Å². The van der Waals surface area contributed by atoms with Crippen LogP contribution in [0.1, 0.15) is 20.7 Å². The summed E-state index contributed by atoms with van der Waals surface area (Å²) in [4.78, 5) is 39.7. The molecule has 3 aromatic carbocycles. The van der Waals surface area contributed by atoms with Crippen molar-refractivity contribution in [3.63, 3.8) is 0 Å². The molecule has 3 aromatic rings. The third kappa shape index (κ3) is 5.77. The van der Waals surface area contributed by atoms with Crippen molar-refractivity contribution in [2.45, 2.75) is 4.90 Å². The highest BCUT2D eigenvalue weighted by Crippen LogP contribution is 2.26. The molecule has 1 heterocycles. The van der Waals surface area contributed by atoms with Crippen molar-refractivity contribution in [2.75, 3.05) is 35.4 Å². The van der Waals surface area contributed by atoms with Crippen molar-refractivity contribution in [3.05, 3.63) is 96.1 Å². The van der Waals surface area contributed by atoms with Crippen LogP contribution >= 0.6 is 11.8 Å². The first-order valence-electron chi connectivity index (χ1n) is 11.3. The normalized spacial score (nSPS) is 13.6. The van der Waals surface area contributed by atoms with Gasteiger partial charge in [-0.05, 0) is 48.5 Å². The van der Waals surface area contributed by atoms with Gasteiger partial charge in [0.1, 0.15) is 0 Å². The van der Waals surface area contributed by atoms with Crippen LogP contribution in [-0.2, 0) is 14.8 Å². The molecule has 1 aliphatic rings. The van der Waals surface area contributed by atoms with E-state index in [0.717, 1.165) is 15.8 Å². The zero-order valence-corrected chi connectivity index (χ0v) is 21.0. The van der Waals surface area contributed by atoms with Crippen LogP contribution in [0.25, 0.3) is 0 Å². The number of hydrogen-bond acceptors (Lipinski definition) is 6. The molecule has 0 radical (unpaired) electrons. The topological polar surface area (TPSA) is 104 Å². The van der Waals surface area contributed by atoms with E-state index in [9.17, 15) is 22.8 Å². The molecule has 1 saturated heterocycles. The third-order valence-corrected chi connectivity index (χ3v) is 8.28. The number of rotatable bonds is 7. The van der Waals surface area contributed by atoms with Crippen LogP contribution in [0.15, 0.2) is 89.8 Å². The number of nitrogens with zero attached hydrogens (tertiary/aromatic N) is 2. The number of sulfonamides is 1. The maximum absolute atomic E-state index is 13.6. The average Bonchev–Trinajstić information content (AvgIpc) is 2.93.